The first-order valence-electron chi connectivity index (χ1n) is 7.09. The Labute approximate surface area is 131 Å². The average Bonchev–Trinajstić information content (AvgIpc) is 2.49. The zero-order valence-corrected chi connectivity index (χ0v) is 13.0. The first-order valence-corrected chi connectivity index (χ1v) is 7.50. The lowest BCUT2D eigenvalue weighted by molar-refractivity contribution is 0.340. The van der Waals surface area contributed by atoms with E-state index in [0.717, 1.165) is 24.4 Å². The molecule has 0 unspecified atom stereocenters. The number of ether oxygens (including phenoxy) is 1. The molecule has 2 aromatic rings. The number of rotatable bonds is 6. The summed E-state index contributed by atoms with van der Waals surface area (Å²) in [6.45, 7) is 3.43. The van der Waals surface area contributed by atoms with Crippen LogP contribution in [0.4, 0.5) is 5.69 Å². The quantitative estimate of drug-likeness (QED) is 0.798. The van der Waals surface area contributed by atoms with Gasteiger partial charge in [-0.25, -0.2) is 0 Å². The van der Waals surface area contributed by atoms with Crippen molar-refractivity contribution in [2.45, 2.75) is 13.3 Å². The molecule has 0 saturated carbocycles. The van der Waals surface area contributed by atoms with Gasteiger partial charge in [0, 0.05) is 18.3 Å². The smallest absolute Gasteiger partial charge is 0.170 e. The van der Waals surface area contributed by atoms with Crippen molar-refractivity contribution in [2.24, 2.45) is 0 Å². The molecule has 0 atom stereocenters. The van der Waals surface area contributed by atoms with Crippen LogP contribution in [0.15, 0.2) is 54.6 Å². The molecule has 0 radical (unpaired) electrons. The molecule has 0 spiro atoms. The maximum Gasteiger partial charge on any atom is 0.170 e. The third kappa shape index (κ3) is 5.44. The Bertz CT molecular complexity index is 572. The second-order valence-corrected chi connectivity index (χ2v) is 4.99. The summed E-state index contributed by atoms with van der Waals surface area (Å²) in [5.74, 6) is 0.842. The number of hydrogen-bond acceptors (Lipinski definition) is 2. The van der Waals surface area contributed by atoms with Crippen LogP contribution in [0.1, 0.15) is 12.5 Å². The standard InChI is InChI=1S/C17H20N2OS/c1-2-20-16-10-6-9-15(13-16)19-17(21)18-12-11-14-7-4-3-5-8-14/h3-10,13H,2,11-12H2,1H3,(H2,18,19,21). The van der Waals surface area contributed by atoms with E-state index in [-0.39, 0.29) is 0 Å². The zero-order valence-electron chi connectivity index (χ0n) is 12.1. The summed E-state index contributed by atoms with van der Waals surface area (Å²) < 4.78 is 5.46. The number of nitrogens with one attached hydrogen (secondary N) is 2. The summed E-state index contributed by atoms with van der Waals surface area (Å²) in [5, 5.41) is 7.00. The predicted octanol–water partition coefficient (Wildman–Crippen LogP) is 3.61. The molecule has 0 fully saturated rings. The first-order chi connectivity index (χ1) is 10.3. The van der Waals surface area contributed by atoms with Gasteiger partial charge in [0.05, 0.1) is 6.61 Å². The van der Waals surface area contributed by atoms with Crippen LogP contribution < -0.4 is 15.4 Å². The molecule has 3 nitrogen and oxygen atoms in total. The summed E-state index contributed by atoms with van der Waals surface area (Å²) in [6, 6.07) is 18.1. The van der Waals surface area contributed by atoms with E-state index in [9.17, 15) is 0 Å². The van der Waals surface area contributed by atoms with E-state index in [4.69, 9.17) is 17.0 Å². The van der Waals surface area contributed by atoms with Crippen molar-refractivity contribution in [1.82, 2.24) is 5.32 Å². The fourth-order valence-corrected chi connectivity index (χ4v) is 2.19. The van der Waals surface area contributed by atoms with Crippen molar-refractivity contribution < 1.29 is 4.74 Å². The molecule has 0 saturated heterocycles. The minimum Gasteiger partial charge on any atom is -0.494 e. The van der Waals surface area contributed by atoms with Gasteiger partial charge in [-0.15, -0.1) is 0 Å². The Hall–Kier alpha value is -2.07. The lowest BCUT2D eigenvalue weighted by atomic mass is 10.1. The summed E-state index contributed by atoms with van der Waals surface area (Å²) in [5.41, 5.74) is 2.23. The Morgan fingerprint density at radius 1 is 1.10 bits per heavy atom. The Kier molecular flexibility index (Phi) is 6.03. The number of thiocarbonyl (C=S) groups is 1. The summed E-state index contributed by atoms with van der Waals surface area (Å²) in [7, 11) is 0. The fourth-order valence-electron chi connectivity index (χ4n) is 1.97. The molecule has 4 heteroatoms. The van der Waals surface area contributed by atoms with Crippen LogP contribution in [0.5, 0.6) is 5.75 Å². The summed E-state index contributed by atoms with van der Waals surface area (Å²) in [4.78, 5) is 0. The van der Waals surface area contributed by atoms with E-state index in [1.165, 1.54) is 5.56 Å². The van der Waals surface area contributed by atoms with Crippen molar-refractivity contribution in [1.29, 1.82) is 0 Å². The van der Waals surface area contributed by atoms with E-state index in [2.05, 4.69) is 22.8 Å². The predicted molar refractivity (Wildman–Crippen MR) is 92.0 cm³/mol. The minimum atomic E-state index is 0.625. The van der Waals surface area contributed by atoms with Crippen molar-refractivity contribution in [3.63, 3.8) is 0 Å². The van der Waals surface area contributed by atoms with E-state index in [0.29, 0.717) is 11.7 Å². The Morgan fingerprint density at radius 3 is 2.67 bits per heavy atom. The third-order valence-corrected chi connectivity index (χ3v) is 3.19. The average molecular weight is 300 g/mol. The highest BCUT2D eigenvalue weighted by molar-refractivity contribution is 7.80. The molecule has 0 aliphatic rings. The zero-order chi connectivity index (χ0) is 14.9. The van der Waals surface area contributed by atoms with Crippen molar-refractivity contribution in [3.8, 4) is 5.75 Å². The van der Waals surface area contributed by atoms with E-state index in [1.54, 1.807) is 0 Å². The van der Waals surface area contributed by atoms with E-state index in [1.807, 2.05) is 49.4 Å². The van der Waals surface area contributed by atoms with Gasteiger partial charge in [-0.3, -0.25) is 0 Å². The van der Waals surface area contributed by atoms with Gasteiger partial charge in [0.15, 0.2) is 5.11 Å². The van der Waals surface area contributed by atoms with Crippen molar-refractivity contribution in [2.75, 3.05) is 18.5 Å². The van der Waals surface area contributed by atoms with Gasteiger partial charge in [0.1, 0.15) is 5.75 Å². The molecule has 2 N–H and O–H groups in total. The van der Waals surface area contributed by atoms with Crippen LogP contribution in [0.2, 0.25) is 0 Å². The van der Waals surface area contributed by atoms with Gasteiger partial charge in [0.2, 0.25) is 0 Å². The van der Waals surface area contributed by atoms with Crippen LogP contribution in [0.3, 0.4) is 0 Å². The van der Waals surface area contributed by atoms with Crippen molar-refractivity contribution >= 4 is 23.0 Å². The maximum absolute atomic E-state index is 5.46. The highest BCUT2D eigenvalue weighted by Gasteiger charge is 1.99. The molecule has 2 rings (SSSR count). The molecule has 21 heavy (non-hydrogen) atoms. The van der Waals surface area contributed by atoms with Crippen molar-refractivity contribution in [3.05, 3.63) is 60.2 Å². The van der Waals surface area contributed by atoms with Crippen LogP contribution in [-0.4, -0.2) is 18.3 Å². The second kappa shape index (κ2) is 8.27. The van der Waals surface area contributed by atoms with Gasteiger partial charge < -0.3 is 15.4 Å². The molecule has 0 aliphatic heterocycles. The highest BCUT2D eigenvalue weighted by atomic mass is 32.1. The molecule has 0 aromatic heterocycles. The molecule has 0 amide bonds. The normalized spacial score (nSPS) is 9.95. The van der Waals surface area contributed by atoms with Gasteiger partial charge in [0.25, 0.3) is 0 Å². The summed E-state index contributed by atoms with van der Waals surface area (Å²) in [6.07, 6.45) is 0.946. The monoisotopic (exact) mass is 300 g/mol. The topological polar surface area (TPSA) is 33.3 Å². The maximum atomic E-state index is 5.46. The summed E-state index contributed by atoms with van der Waals surface area (Å²) >= 11 is 5.30. The molecule has 2 aromatic carbocycles. The van der Waals surface area contributed by atoms with Crippen LogP contribution in [0.25, 0.3) is 0 Å². The lowest BCUT2D eigenvalue weighted by Gasteiger charge is -2.11. The van der Waals surface area contributed by atoms with Gasteiger partial charge >= 0.3 is 0 Å². The van der Waals surface area contributed by atoms with Gasteiger partial charge in [-0.2, -0.15) is 0 Å². The largest absolute Gasteiger partial charge is 0.494 e. The minimum absolute atomic E-state index is 0.625. The van der Waals surface area contributed by atoms with E-state index < -0.39 is 0 Å². The third-order valence-electron chi connectivity index (χ3n) is 2.94. The molecule has 0 bridgehead atoms. The van der Waals surface area contributed by atoms with Crippen LogP contribution in [-0.2, 0) is 6.42 Å². The number of anilines is 1. The lowest BCUT2D eigenvalue weighted by Crippen LogP contribution is -2.30. The highest BCUT2D eigenvalue weighted by Crippen LogP contribution is 2.17. The first kappa shape index (κ1) is 15.3. The second-order valence-electron chi connectivity index (χ2n) is 4.58. The van der Waals surface area contributed by atoms with Crippen LogP contribution >= 0.6 is 12.2 Å². The van der Waals surface area contributed by atoms with Crippen LogP contribution in [0, 0.1) is 0 Å². The molecule has 0 aliphatic carbocycles. The number of hydrogen-bond donors (Lipinski definition) is 2. The van der Waals surface area contributed by atoms with E-state index >= 15 is 0 Å². The fraction of sp³-hybridized carbons (Fsp3) is 0.235. The van der Waals surface area contributed by atoms with Gasteiger partial charge in [-0.05, 0) is 43.3 Å². The molecular weight excluding hydrogens is 280 g/mol. The SMILES string of the molecule is CCOc1cccc(NC(=S)NCCc2ccccc2)c1. The van der Waals surface area contributed by atoms with Gasteiger partial charge in [-0.1, -0.05) is 36.4 Å². The molecule has 110 valence electrons. The number of benzene rings is 2. The Morgan fingerprint density at radius 2 is 1.90 bits per heavy atom. The molecular formula is C17H20N2OS. The molecule has 0 heterocycles. The Balaban J connectivity index is 1.78.